The van der Waals surface area contributed by atoms with Gasteiger partial charge in [0.05, 0.1) is 0 Å². The Morgan fingerprint density at radius 3 is 2.59 bits per heavy atom. The monoisotopic (exact) mass is 269 g/mol. The Bertz CT molecular complexity index is 397. The number of piperidine rings is 1. The predicted octanol–water partition coefficient (Wildman–Crippen LogP) is 4.31. The van der Waals surface area contributed by atoms with Crippen molar-refractivity contribution in [3.8, 4) is 0 Å². The van der Waals surface area contributed by atoms with Crippen LogP contribution < -0.4 is 5.32 Å². The molecule has 1 heterocycles. The van der Waals surface area contributed by atoms with Crippen molar-refractivity contribution in [2.45, 2.75) is 19.8 Å². The van der Waals surface area contributed by atoms with E-state index in [0.29, 0.717) is 10.9 Å². The lowest BCUT2D eigenvalue weighted by molar-refractivity contribution is 0.438. The summed E-state index contributed by atoms with van der Waals surface area (Å²) in [6.07, 6.45) is 6.84. The molecule has 3 heteroatoms. The van der Waals surface area contributed by atoms with E-state index >= 15 is 0 Å². The minimum Gasteiger partial charge on any atom is -0.317 e. The van der Waals surface area contributed by atoms with Gasteiger partial charge in [0, 0.05) is 10.0 Å². The molecule has 1 N–H and O–H groups in total. The largest absolute Gasteiger partial charge is 0.317 e. The van der Waals surface area contributed by atoms with Crippen molar-refractivity contribution in [3.63, 3.8) is 0 Å². The predicted molar refractivity (Wildman–Crippen MR) is 75.8 cm³/mol. The molecule has 0 spiro atoms. The normalized spacial score (nSPS) is 17.8. The summed E-state index contributed by atoms with van der Waals surface area (Å²) in [6.45, 7) is 4.27. The first-order chi connectivity index (χ1) is 8.16. The summed E-state index contributed by atoms with van der Waals surface area (Å²) in [4.78, 5) is 0. The Balaban J connectivity index is 2.14. The van der Waals surface area contributed by atoms with Crippen LogP contribution in [0, 0.1) is 12.8 Å². The van der Waals surface area contributed by atoms with Gasteiger partial charge in [-0.1, -0.05) is 35.4 Å². The summed E-state index contributed by atoms with van der Waals surface area (Å²) in [5.41, 5.74) is 2.22. The molecular weight excluding hydrogens is 253 g/mol. The highest BCUT2D eigenvalue weighted by Gasteiger charge is 2.10. The van der Waals surface area contributed by atoms with Gasteiger partial charge in [-0.15, -0.1) is 0 Å². The second-order valence-electron chi connectivity index (χ2n) is 4.56. The van der Waals surface area contributed by atoms with Gasteiger partial charge in [0.25, 0.3) is 0 Å². The molecule has 17 heavy (non-hydrogen) atoms. The van der Waals surface area contributed by atoms with Crippen molar-refractivity contribution in [1.82, 2.24) is 5.32 Å². The van der Waals surface area contributed by atoms with Gasteiger partial charge >= 0.3 is 0 Å². The molecule has 1 saturated heterocycles. The summed E-state index contributed by atoms with van der Waals surface area (Å²) < 4.78 is 0. The summed E-state index contributed by atoms with van der Waals surface area (Å²) in [5.74, 6) is 0.669. The zero-order valence-corrected chi connectivity index (χ0v) is 11.5. The Hall–Kier alpha value is -0.500. The minimum atomic E-state index is 0.669. The van der Waals surface area contributed by atoms with Gasteiger partial charge in [0.1, 0.15) is 0 Å². The van der Waals surface area contributed by atoms with Crippen LogP contribution in [0.5, 0.6) is 0 Å². The highest BCUT2D eigenvalue weighted by molar-refractivity contribution is 6.35. The van der Waals surface area contributed by atoms with Crippen molar-refractivity contribution in [2.24, 2.45) is 5.92 Å². The van der Waals surface area contributed by atoms with Gasteiger partial charge in [-0.25, -0.2) is 0 Å². The molecule has 0 bridgehead atoms. The quantitative estimate of drug-likeness (QED) is 0.844. The molecular formula is C14H17Cl2N. The van der Waals surface area contributed by atoms with E-state index in [0.717, 1.165) is 29.2 Å². The highest BCUT2D eigenvalue weighted by Crippen LogP contribution is 2.27. The first-order valence-electron chi connectivity index (χ1n) is 6.01. The van der Waals surface area contributed by atoms with E-state index in [1.807, 2.05) is 13.0 Å². The number of hydrogen-bond acceptors (Lipinski definition) is 1. The zero-order chi connectivity index (χ0) is 12.3. The fourth-order valence-electron chi connectivity index (χ4n) is 2.19. The van der Waals surface area contributed by atoms with Crippen LogP contribution in [-0.2, 0) is 0 Å². The Morgan fingerprint density at radius 2 is 1.94 bits per heavy atom. The maximum Gasteiger partial charge on any atom is 0.0495 e. The molecule has 1 fully saturated rings. The number of nitrogens with one attached hydrogen (secondary N) is 1. The molecule has 0 radical (unpaired) electrons. The number of halogens is 2. The number of aryl methyl sites for hydroxylation is 1. The molecule has 0 amide bonds. The van der Waals surface area contributed by atoms with Gasteiger partial charge in [-0.3, -0.25) is 0 Å². The maximum atomic E-state index is 6.20. The average Bonchev–Trinajstić information content (AvgIpc) is 2.29. The van der Waals surface area contributed by atoms with E-state index < -0.39 is 0 Å². The van der Waals surface area contributed by atoms with E-state index in [4.69, 9.17) is 23.2 Å². The number of rotatable bonds is 2. The molecule has 1 nitrogen and oxygen atoms in total. The van der Waals surface area contributed by atoms with Crippen molar-refractivity contribution in [2.75, 3.05) is 13.1 Å². The van der Waals surface area contributed by atoms with Crippen LogP contribution in [0.1, 0.15) is 24.0 Å². The van der Waals surface area contributed by atoms with Gasteiger partial charge in [0.15, 0.2) is 0 Å². The second-order valence-corrected chi connectivity index (χ2v) is 5.41. The van der Waals surface area contributed by atoms with E-state index in [-0.39, 0.29) is 0 Å². The molecule has 2 rings (SSSR count). The average molecular weight is 270 g/mol. The van der Waals surface area contributed by atoms with Crippen LogP contribution in [0.3, 0.4) is 0 Å². The molecule has 0 atom stereocenters. The molecule has 1 aliphatic rings. The van der Waals surface area contributed by atoms with Crippen molar-refractivity contribution >= 4 is 29.3 Å². The summed E-state index contributed by atoms with van der Waals surface area (Å²) >= 11 is 12.2. The third-order valence-electron chi connectivity index (χ3n) is 3.22. The van der Waals surface area contributed by atoms with E-state index in [9.17, 15) is 0 Å². The van der Waals surface area contributed by atoms with Gasteiger partial charge < -0.3 is 5.32 Å². The fraction of sp³-hybridized carbons (Fsp3) is 0.429. The first kappa shape index (κ1) is 12.9. The molecule has 1 aromatic carbocycles. The Morgan fingerprint density at radius 1 is 1.24 bits per heavy atom. The third-order valence-corrected chi connectivity index (χ3v) is 3.75. The van der Waals surface area contributed by atoms with Crippen LogP contribution in [0.15, 0.2) is 18.2 Å². The molecule has 0 unspecified atom stereocenters. The van der Waals surface area contributed by atoms with Crippen molar-refractivity contribution < 1.29 is 0 Å². The van der Waals surface area contributed by atoms with Gasteiger partial charge in [-0.05, 0) is 62.0 Å². The number of hydrogen-bond donors (Lipinski definition) is 1. The molecule has 1 aliphatic heterocycles. The first-order valence-corrected chi connectivity index (χ1v) is 6.77. The van der Waals surface area contributed by atoms with E-state index in [1.165, 1.54) is 12.8 Å². The summed E-state index contributed by atoms with van der Waals surface area (Å²) in [5, 5.41) is 4.80. The lowest BCUT2D eigenvalue weighted by Gasteiger charge is -2.19. The molecule has 92 valence electrons. The smallest absolute Gasteiger partial charge is 0.0495 e. The molecule has 0 aliphatic carbocycles. The maximum absolute atomic E-state index is 6.20. The highest BCUT2D eigenvalue weighted by atomic mass is 35.5. The van der Waals surface area contributed by atoms with Crippen LogP contribution in [0.25, 0.3) is 6.08 Å². The van der Waals surface area contributed by atoms with Gasteiger partial charge in [0.2, 0.25) is 0 Å². The van der Waals surface area contributed by atoms with Crippen LogP contribution in [-0.4, -0.2) is 13.1 Å². The van der Waals surface area contributed by atoms with Crippen LogP contribution >= 0.6 is 23.2 Å². The molecule has 0 saturated carbocycles. The SMILES string of the molecule is Cc1cc(Cl)cc(Cl)c1/C=C/C1CCNCC1. The molecule has 1 aromatic rings. The fourth-order valence-corrected chi connectivity index (χ4v) is 2.85. The van der Waals surface area contributed by atoms with E-state index in [2.05, 4.69) is 17.5 Å². The van der Waals surface area contributed by atoms with Crippen LogP contribution in [0.4, 0.5) is 0 Å². The zero-order valence-electron chi connectivity index (χ0n) is 9.97. The molecule has 0 aromatic heterocycles. The number of benzene rings is 1. The standard InChI is InChI=1S/C14H17Cl2N/c1-10-8-12(15)9-14(16)13(10)3-2-11-4-6-17-7-5-11/h2-3,8-9,11,17H,4-7H2,1H3/b3-2+. The lowest BCUT2D eigenvalue weighted by atomic mass is 9.96. The Labute approximate surface area is 113 Å². The van der Waals surface area contributed by atoms with E-state index in [1.54, 1.807) is 6.07 Å². The summed E-state index contributed by atoms with van der Waals surface area (Å²) in [6, 6.07) is 3.76. The minimum absolute atomic E-state index is 0.669. The summed E-state index contributed by atoms with van der Waals surface area (Å²) in [7, 11) is 0. The van der Waals surface area contributed by atoms with Crippen LogP contribution in [0.2, 0.25) is 10.0 Å². The second kappa shape index (κ2) is 5.90. The Kier molecular flexibility index (Phi) is 4.49. The number of allylic oxidation sites excluding steroid dienone is 1. The van der Waals surface area contributed by atoms with Gasteiger partial charge in [-0.2, -0.15) is 0 Å². The lowest BCUT2D eigenvalue weighted by Crippen LogP contribution is -2.26. The third kappa shape index (κ3) is 3.48. The van der Waals surface area contributed by atoms with Crippen molar-refractivity contribution in [3.05, 3.63) is 39.4 Å². The topological polar surface area (TPSA) is 12.0 Å². The van der Waals surface area contributed by atoms with Crippen molar-refractivity contribution in [1.29, 1.82) is 0 Å².